The molecule has 1 amide bonds. The average molecular weight is 426 g/mol. The van der Waals surface area contributed by atoms with Gasteiger partial charge in [0.15, 0.2) is 0 Å². The minimum absolute atomic E-state index is 0.0665. The minimum atomic E-state index is -0.695. The second kappa shape index (κ2) is 7.96. The molecule has 3 aromatic rings. The minimum Gasteiger partial charge on any atom is -0.507 e. The van der Waals surface area contributed by atoms with E-state index >= 15 is 0 Å². The number of fused-ring (bicyclic) bond motifs is 1. The monoisotopic (exact) mass is 426 g/mol. The van der Waals surface area contributed by atoms with Gasteiger partial charge in [0.05, 0.1) is 11.6 Å². The van der Waals surface area contributed by atoms with Crippen LogP contribution in [0.5, 0.6) is 5.75 Å². The molecule has 3 heterocycles. The van der Waals surface area contributed by atoms with Crippen LogP contribution in [-0.2, 0) is 22.6 Å². The molecular formula is C26H22N2O4. The Balaban J connectivity index is 1.62. The largest absolute Gasteiger partial charge is 0.507 e. The van der Waals surface area contributed by atoms with Gasteiger partial charge in [-0.3, -0.25) is 14.6 Å². The Labute approximate surface area is 185 Å². The predicted molar refractivity (Wildman–Crippen MR) is 119 cm³/mol. The van der Waals surface area contributed by atoms with Crippen LogP contribution in [0.4, 0.5) is 0 Å². The van der Waals surface area contributed by atoms with E-state index in [1.54, 1.807) is 30.6 Å². The molecule has 0 radical (unpaired) electrons. The van der Waals surface area contributed by atoms with Crippen molar-refractivity contribution in [2.75, 3.05) is 0 Å². The molecule has 0 saturated carbocycles. The van der Waals surface area contributed by atoms with Gasteiger partial charge in [0, 0.05) is 30.9 Å². The van der Waals surface area contributed by atoms with Crippen molar-refractivity contribution in [1.29, 1.82) is 0 Å². The number of aliphatic hydroxyl groups is 1. The number of aromatic nitrogens is 1. The van der Waals surface area contributed by atoms with Crippen LogP contribution < -0.4 is 4.74 Å². The highest BCUT2D eigenvalue weighted by Crippen LogP contribution is 2.41. The van der Waals surface area contributed by atoms with Crippen molar-refractivity contribution in [2.24, 2.45) is 0 Å². The first kappa shape index (κ1) is 20.0. The van der Waals surface area contributed by atoms with Gasteiger partial charge in [0.25, 0.3) is 11.7 Å². The SMILES string of the molecule is CC1Cc2cc(C(O)=C3C(=O)C(=O)N(Cc4cccnc4)C3c3ccccc3)ccc2O1. The maximum Gasteiger partial charge on any atom is 0.295 e. The lowest BCUT2D eigenvalue weighted by molar-refractivity contribution is -0.140. The molecule has 2 aromatic carbocycles. The van der Waals surface area contributed by atoms with Crippen LogP contribution in [0, 0.1) is 0 Å². The molecule has 0 spiro atoms. The summed E-state index contributed by atoms with van der Waals surface area (Å²) in [6.07, 6.45) is 4.12. The normalized spacial score (nSPS) is 21.5. The van der Waals surface area contributed by atoms with Crippen molar-refractivity contribution in [3.63, 3.8) is 0 Å². The van der Waals surface area contributed by atoms with E-state index in [1.807, 2.05) is 49.4 Å². The zero-order valence-corrected chi connectivity index (χ0v) is 17.6. The van der Waals surface area contributed by atoms with Crippen LogP contribution in [0.1, 0.15) is 35.2 Å². The fourth-order valence-corrected chi connectivity index (χ4v) is 4.44. The number of ether oxygens (including phenoxy) is 1. The molecule has 5 rings (SSSR count). The van der Waals surface area contributed by atoms with Crippen molar-refractivity contribution >= 4 is 17.4 Å². The fraction of sp³-hybridized carbons (Fsp3) is 0.192. The second-order valence-electron chi connectivity index (χ2n) is 8.15. The quantitative estimate of drug-likeness (QED) is 0.387. The van der Waals surface area contributed by atoms with E-state index in [0.717, 1.165) is 28.9 Å². The van der Waals surface area contributed by atoms with Gasteiger partial charge in [-0.05, 0) is 47.9 Å². The van der Waals surface area contributed by atoms with E-state index in [2.05, 4.69) is 4.98 Å². The van der Waals surface area contributed by atoms with Gasteiger partial charge in [-0.2, -0.15) is 0 Å². The number of nitrogens with zero attached hydrogens (tertiary/aromatic N) is 2. The number of carbonyl (C=O) groups excluding carboxylic acids is 2. The Kier molecular flexibility index (Phi) is 4.98. The maximum absolute atomic E-state index is 13.1. The Morgan fingerprint density at radius 2 is 1.94 bits per heavy atom. The average Bonchev–Trinajstić information content (AvgIpc) is 3.31. The first-order chi connectivity index (χ1) is 15.5. The van der Waals surface area contributed by atoms with Crippen molar-refractivity contribution in [2.45, 2.75) is 32.0 Å². The number of pyridine rings is 1. The van der Waals surface area contributed by atoms with Gasteiger partial charge < -0.3 is 14.7 Å². The maximum atomic E-state index is 13.1. The molecule has 1 fully saturated rings. The van der Waals surface area contributed by atoms with E-state index in [0.29, 0.717) is 5.56 Å². The summed E-state index contributed by atoms with van der Waals surface area (Å²) in [6, 6.07) is 17.6. The smallest absolute Gasteiger partial charge is 0.295 e. The zero-order chi connectivity index (χ0) is 22.2. The van der Waals surface area contributed by atoms with E-state index in [-0.39, 0.29) is 24.0 Å². The zero-order valence-electron chi connectivity index (χ0n) is 17.6. The Morgan fingerprint density at radius 3 is 2.69 bits per heavy atom. The molecule has 32 heavy (non-hydrogen) atoms. The van der Waals surface area contributed by atoms with Crippen LogP contribution >= 0.6 is 0 Å². The molecule has 1 saturated heterocycles. The number of amides is 1. The van der Waals surface area contributed by atoms with Crippen LogP contribution in [0.2, 0.25) is 0 Å². The molecule has 2 atom stereocenters. The lowest BCUT2D eigenvalue weighted by atomic mass is 9.94. The summed E-state index contributed by atoms with van der Waals surface area (Å²) in [6.45, 7) is 2.20. The molecule has 6 nitrogen and oxygen atoms in total. The number of Topliss-reactive ketones (excluding diaryl/α,β-unsaturated/α-hetero) is 1. The predicted octanol–water partition coefficient (Wildman–Crippen LogP) is 4.03. The number of carbonyl (C=O) groups is 2. The molecule has 6 heteroatoms. The van der Waals surface area contributed by atoms with Crippen LogP contribution in [0.3, 0.4) is 0 Å². The Bertz CT molecular complexity index is 1220. The summed E-state index contributed by atoms with van der Waals surface area (Å²) >= 11 is 0. The fourth-order valence-electron chi connectivity index (χ4n) is 4.44. The van der Waals surface area contributed by atoms with Crippen LogP contribution in [-0.4, -0.2) is 32.8 Å². The summed E-state index contributed by atoms with van der Waals surface area (Å²) in [4.78, 5) is 31.8. The Hall–Kier alpha value is -3.93. The Morgan fingerprint density at radius 1 is 1.12 bits per heavy atom. The highest BCUT2D eigenvalue weighted by atomic mass is 16.5. The van der Waals surface area contributed by atoms with Crippen LogP contribution in [0.25, 0.3) is 5.76 Å². The molecule has 2 aliphatic heterocycles. The van der Waals surface area contributed by atoms with E-state index in [9.17, 15) is 14.7 Å². The molecule has 1 N–H and O–H groups in total. The van der Waals surface area contributed by atoms with Gasteiger partial charge in [0.1, 0.15) is 17.6 Å². The summed E-state index contributed by atoms with van der Waals surface area (Å²) < 4.78 is 5.75. The van der Waals surface area contributed by atoms with Gasteiger partial charge in [-0.1, -0.05) is 36.4 Å². The molecule has 2 aliphatic rings. The third kappa shape index (κ3) is 3.43. The topological polar surface area (TPSA) is 79.7 Å². The lowest BCUT2D eigenvalue weighted by Gasteiger charge is -2.25. The summed E-state index contributed by atoms with van der Waals surface area (Å²) in [5.41, 5.74) is 3.13. The number of rotatable bonds is 4. The molecule has 2 unspecified atom stereocenters. The third-order valence-corrected chi connectivity index (χ3v) is 5.90. The first-order valence-electron chi connectivity index (χ1n) is 10.5. The van der Waals surface area contributed by atoms with Crippen molar-refractivity contribution in [3.8, 4) is 5.75 Å². The number of benzene rings is 2. The molecule has 160 valence electrons. The lowest BCUT2D eigenvalue weighted by Crippen LogP contribution is -2.29. The standard InChI is InChI=1S/C26H22N2O4/c1-16-12-20-13-19(9-10-21(20)32-16)24(29)22-23(18-7-3-2-4-8-18)28(26(31)25(22)30)15-17-6-5-11-27-14-17/h2-11,13-14,16,23,29H,12,15H2,1H3. The van der Waals surface area contributed by atoms with E-state index < -0.39 is 17.7 Å². The van der Waals surface area contributed by atoms with Gasteiger partial charge in [-0.15, -0.1) is 0 Å². The first-order valence-corrected chi connectivity index (χ1v) is 10.5. The molecule has 0 bridgehead atoms. The third-order valence-electron chi connectivity index (χ3n) is 5.90. The van der Waals surface area contributed by atoms with Crippen molar-refractivity contribution < 1.29 is 19.4 Å². The van der Waals surface area contributed by atoms with E-state index in [4.69, 9.17) is 4.74 Å². The van der Waals surface area contributed by atoms with Gasteiger partial charge in [-0.25, -0.2) is 0 Å². The highest BCUT2D eigenvalue weighted by molar-refractivity contribution is 6.46. The number of hydrogen-bond acceptors (Lipinski definition) is 5. The number of ketones is 1. The number of likely N-dealkylation sites (tertiary alicyclic amines) is 1. The molecular weight excluding hydrogens is 404 g/mol. The van der Waals surface area contributed by atoms with E-state index in [1.165, 1.54) is 4.90 Å². The van der Waals surface area contributed by atoms with Gasteiger partial charge in [0.2, 0.25) is 0 Å². The van der Waals surface area contributed by atoms with Gasteiger partial charge >= 0.3 is 0 Å². The molecule has 1 aromatic heterocycles. The molecule has 0 aliphatic carbocycles. The van der Waals surface area contributed by atoms with Crippen LogP contribution in [0.15, 0.2) is 78.6 Å². The summed E-state index contributed by atoms with van der Waals surface area (Å²) in [5, 5.41) is 11.2. The highest BCUT2D eigenvalue weighted by Gasteiger charge is 2.46. The summed E-state index contributed by atoms with van der Waals surface area (Å²) in [5.74, 6) is -0.716. The number of hydrogen-bond donors (Lipinski definition) is 1. The van der Waals surface area contributed by atoms with Crippen molar-refractivity contribution in [1.82, 2.24) is 9.88 Å². The van der Waals surface area contributed by atoms with Crippen molar-refractivity contribution in [3.05, 3.63) is 101 Å². The summed E-state index contributed by atoms with van der Waals surface area (Å²) in [7, 11) is 0. The number of aliphatic hydroxyl groups excluding tert-OH is 1. The second-order valence-corrected chi connectivity index (χ2v) is 8.15.